The first-order chi connectivity index (χ1) is 10.1. The van der Waals surface area contributed by atoms with E-state index < -0.39 is 0 Å². The monoisotopic (exact) mass is 359 g/mol. The first-order valence-corrected chi connectivity index (χ1v) is 8.75. The third-order valence-electron chi connectivity index (χ3n) is 3.05. The molecule has 21 heavy (non-hydrogen) atoms. The molecule has 112 valence electrons. The van der Waals surface area contributed by atoms with Gasteiger partial charge in [-0.25, -0.2) is 0 Å². The van der Waals surface area contributed by atoms with Crippen molar-refractivity contribution in [2.45, 2.75) is 17.9 Å². The molecule has 5 heteroatoms. The molecule has 1 unspecified atom stereocenters. The molecule has 0 spiro atoms. The Morgan fingerprint density at radius 1 is 1.05 bits per heavy atom. The molecule has 0 amide bonds. The van der Waals surface area contributed by atoms with E-state index in [9.17, 15) is 0 Å². The molecule has 1 atom stereocenters. The molecule has 1 N–H and O–H groups in total. The van der Waals surface area contributed by atoms with E-state index in [0.717, 1.165) is 27.2 Å². The van der Waals surface area contributed by atoms with E-state index in [1.807, 2.05) is 30.3 Å². The van der Waals surface area contributed by atoms with Crippen molar-refractivity contribution >= 4 is 46.6 Å². The van der Waals surface area contributed by atoms with Gasteiger partial charge >= 0.3 is 0 Å². The first kappa shape index (κ1) is 17.0. The third-order valence-corrected chi connectivity index (χ3v) is 5.02. The third kappa shape index (κ3) is 5.39. The highest BCUT2D eigenvalue weighted by molar-refractivity contribution is 7.99. The average Bonchev–Trinajstić information content (AvgIpc) is 2.46. The van der Waals surface area contributed by atoms with Gasteiger partial charge in [-0.3, -0.25) is 0 Å². The van der Waals surface area contributed by atoms with Gasteiger partial charge in [-0.2, -0.15) is 0 Å². The summed E-state index contributed by atoms with van der Waals surface area (Å²) in [4.78, 5) is 1.02. The summed E-state index contributed by atoms with van der Waals surface area (Å²) < 4.78 is 0. The fourth-order valence-electron chi connectivity index (χ4n) is 1.92. The Hall–Kier alpha value is -0.380. The number of halogens is 3. The molecule has 0 aliphatic carbocycles. The van der Waals surface area contributed by atoms with E-state index in [4.69, 9.17) is 34.8 Å². The lowest BCUT2D eigenvalue weighted by atomic mass is 10.1. The molecular weight excluding hydrogens is 345 g/mol. The summed E-state index contributed by atoms with van der Waals surface area (Å²) in [5.74, 6) is 0.922. The number of thioether (sulfide) groups is 1. The zero-order valence-electron chi connectivity index (χ0n) is 11.6. The highest BCUT2D eigenvalue weighted by atomic mass is 35.5. The second kappa shape index (κ2) is 8.30. The largest absolute Gasteiger partial charge is 0.309 e. The summed E-state index contributed by atoms with van der Waals surface area (Å²) >= 11 is 19.8. The van der Waals surface area contributed by atoms with Crippen molar-refractivity contribution in [3.05, 3.63) is 63.1 Å². The van der Waals surface area contributed by atoms with Crippen molar-refractivity contribution < 1.29 is 0 Å². The van der Waals surface area contributed by atoms with Crippen LogP contribution in [0.5, 0.6) is 0 Å². The standard InChI is InChI=1S/C16H16Cl3NS/c1-11(12-3-2-4-13(17)9-12)20-7-8-21-16-10-14(18)5-6-15(16)19/h2-6,9-11,20H,7-8H2,1H3. The Bertz CT molecular complexity index is 604. The molecule has 0 saturated heterocycles. The van der Waals surface area contributed by atoms with Crippen LogP contribution in [-0.2, 0) is 0 Å². The molecule has 0 heterocycles. The summed E-state index contributed by atoms with van der Waals surface area (Å²) in [6.45, 7) is 3.00. The molecular formula is C16H16Cl3NS. The van der Waals surface area contributed by atoms with Gasteiger partial charge in [0, 0.05) is 33.3 Å². The summed E-state index contributed by atoms with van der Waals surface area (Å²) in [6, 6.07) is 13.7. The summed E-state index contributed by atoms with van der Waals surface area (Å²) in [5.41, 5.74) is 1.19. The van der Waals surface area contributed by atoms with Crippen molar-refractivity contribution in [1.29, 1.82) is 0 Å². The molecule has 0 aliphatic rings. The van der Waals surface area contributed by atoms with E-state index in [1.54, 1.807) is 17.8 Å². The minimum atomic E-state index is 0.263. The lowest BCUT2D eigenvalue weighted by Crippen LogP contribution is -2.21. The van der Waals surface area contributed by atoms with Gasteiger partial charge in [0.1, 0.15) is 0 Å². The average molecular weight is 361 g/mol. The number of hydrogen-bond donors (Lipinski definition) is 1. The Kier molecular flexibility index (Phi) is 6.72. The molecule has 0 saturated carbocycles. The van der Waals surface area contributed by atoms with Crippen LogP contribution in [0.2, 0.25) is 15.1 Å². The predicted octanol–water partition coefficient (Wildman–Crippen LogP) is 6.09. The van der Waals surface area contributed by atoms with Gasteiger partial charge in [0.15, 0.2) is 0 Å². The maximum absolute atomic E-state index is 6.14. The van der Waals surface area contributed by atoms with E-state index in [-0.39, 0.29) is 6.04 Å². The van der Waals surface area contributed by atoms with Gasteiger partial charge in [-0.1, -0.05) is 46.9 Å². The smallest absolute Gasteiger partial charge is 0.0542 e. The maximum atomic E-state index is 6.14. The SMILES string of the molecule is CC(NCCSc1cc(Cl)ccc1Cl)c1cccc(Cl)c1. The minimum Gasteiger partial charge on any atom is -0.309 e. The molecule has 2 rings (SSSR count). The van der Waals surface area contributed by atoms with E-state index >= 15 is 0 Å². The normalized spacial score (nSPS) is 12.4. The summed E-state index contributed by atoms with van der Waals surface area (Å²) in [7, 11) is 0. The van der Waals surface area contributed by atoms with Gasteiger partial charge in [0.2, 0.25) is 0 Å². The van der Waals surface area contributed by atoms with Crippen molar-refractivity contribution in [1.82, 2.24) is 5.32 Å². The maximum Gasteiger partial charge on any atom is 0.0542 e. The van der Waals surface area contributed by atoms with Crippen LogP contribution in [0.4, 0.5) is 0 Å². The van der Waals surface area contributed by atoms with Crippen molar-refractivity contribution in [3.8, 4) is 0 Å². The fourth-order valence-corrected chi connectivity index (χ4v) is 3.49. The van der Waals surface area contributed by atoms with Crippen LogP contribution in [0, 0.1) is 0 Å². The highest BCUT2D eigenvalue weighted by Gasteiger charge is 2.06. The lowest BCUT2D eigenvalue weighted by Gasteiger charge is -2.14. The van der Waals surface area contributed by atoms with Gasteiger partial charge in [0.25, 0.3) is 0 Å². The zero-order chi connectivity index (χ0) is 15.2. The minimum absolute atomic E-state index is 0.263. The zero-order valence-corrected chi connectivity index (χ0v) is 14.7. The van der Waals surface area contributed by atoms with Crippen LogP contribution in [-0.4, -0.2) is 12.3 Å². The molecule has 0 fully saturated rings. The van der Waals surface area contributed by atoms with Crippen molar-refractivity contribution in [2.24, 2.45) is 0 Å². The Balaban J connectivity index is 1.80. The Morgan fingerprint density at radius 2 is 1.81 bits per heavy atom. The topological polar surface area (TPSA) is 12.0 Å². The molecule has 0 bridgehead atoms. The van der Waals surface area contributed by atoms with Crippen LogP contribution in [0.1, 0.15) is 18.5 Å². The molecule has 0 aliphatic heterocycles. The second-order valence-corrected chi connectivity index (χ2v) is 7.07. The van der Waals surface area contributed by atoms with Crippen molar-refractivity contribution in [3.63, 3.8) is 0 Å². The van der Waals surface area contributed by atoms with Crippen LogP contribution < -0.4 is 5.32 Å². The molecule has 2 aromatic rings. The number of nitrogens with one attached hydrogen (secondary N) is 1. The molecule has 0 aromatic heterocycles. The van der Waals surface area contributed by atoms with E-state index in [0.29, 0.717) is 5.02 Å². The quantitative estimate of drug-likeness (QED) is 0.494. The predicted molar refractivity (Wildman–Crippen MR) is 95.1 cm³/mol. The van der Waals surface area contributed by atoms with Crippen LogP contribution in [0.3, 0.4) is 0 Å². The number of benzene rings is 2. The van der Waals surface area contributed by atoms with Crippen LogP contribution >= 0.6 is 46.6 Å². The molecule has 1 nitrogen and oxygen atoms in total. The Morgan fingerprint density at radius 3 is 2.57 bits per heavy atom. The van der Waals surface area contributed by atoms with E-state index in [1.165, 1.54) is 5.56 Å². The van der Waals surface area contributed by atoms with Gasteiger partial charge < -0.3 is 5.32 Å². The number of hydrogen-bond acceptors (Lipinski definition) is 2. The van der Waals surface area contributed by atoms with Crippen molar-refractivity contribution in [2.75, 3.05) is 12.3 Å². The second-order valence-electron chi connectivity index (χ2n) is 4.65. The summed E-state index contributed by atoms with van der Waals surface area (Å²) in [5, 5.41) is 5.69. The Labute approximate surface area is 145 Å². The van der Waals surface area contributed by atoms with Crippen LogP contribution in [0.25, 0.3) is 0 Å². The van der Waals surface area contributed by atoms with Gasteiger partial charge in [-0.15, -0.1) is 11.8 Å². The van der Waals surface area contributed by atoms with Crippen LogP contribution in [0.15, 0.2) is 47.4 Å². The number of rotatable bonds is 6. The molecule has 0 radical (unpaired) electrons. The summed E-state index contributed by atoms with van der Waals surface area (Å²) in [6.07, 6.45) is 0. The van der Waals surface area contributed by atoms with E-state index in [2.05, 4.69) is 18.3 Å². The van der Waals surface area contributed by atoms with Gasteiger partial charge in [0.05, 0.1) is 5.02 Å². The highest BCUT2D eigenvalue weighted by Crippen LogP contribution is 2.29. The van der Waals surface area contributed by atoms with Gasteiger partial charge in [-0.05, 0) is 42.8 Å². The lowest BCUT2D eigenvalue weighted by molar-refractivity contribution is 0.601. The molecule has 2 aromatic carbocycles. The fraction of sp³-hybridized carbons (Fsp3) is 0.250. The first-order valence-electron chi connectivity index (χ1n) is 6.63.